The van der Waals surface area contributed by atoms with Crippen LogP contribution in [0.5, 0.6) is 5.88 Å². The zero-order valence-electron chi connectivity index (χ0n) is 14.0. The molecule has 1 fully saturated rings. The Hall–Kier alpha value is -2.22. The summed E-state index contributed by atoms with van der Waals surface area (Å²) in [6.07, 6.45) is 2.45. The maximum absolute atomic E-state index is 12.8. The third-order valence-electron chi connectivity index (χ3n) is 4.10. The lowest BCUT2D eigenvalue weighted by Crippen LogP contribution is -2.28. The molecule has 134 valence electrons. The fourth-order valence-electron chi connectivity index (χ4n) is 2.80. The molecule has 1 N–H and O–H groups in total. The first-order chi connectivity index (χ1) is 12.8. The van der Waals surface area contributed by atoms with Crippen LogP contribution >= 0.6 is 22.7 Å². The number of thiophene rings is 2. The van der Waals surface area contributed by atoms with Gasteiger partial charge in [0.2, 0.25) is 5.88 Å². The minimum absolute atomic E-state index is 0.00537. The van der Waals surface area contributed by atoms with E-state index in [1.807, 2.05) is 35.0 Å². The number of nitrogens with zero attached hydrogens (tertiary/aromatic N) is 1. The Labute approximate surface area is 159 Å². The highest BCUT2D eigenvalue weighted by molar-refractivity contribution is 7.11. The number of carbonyl (C=O) groups excluding carboxylic acids is 1. The molecule has 0 aliphatic carbocycles. The number of carbonyl (C=O) groups is 1. The zero-order valence-corrected chi connectivity index (χ0v) is 15.6. The summed E-state index contributed by atoms with van der Waals surface area (Å²) in [5, 5.41) is 7.17. The second-order valence-electron chi connectivity index (χ2n) is 5.92. The van der Waals surface area contributed by atoms with Crippen LogP contribution in [-0.4, -0.2) is 30.2 Å². The largest absolute Gasteiger partial charge is 0.472 e. The number of aromatic nitrogens is 1. The van der Waals surface area contributed by atoms with Crippen molar-refractivity contribution in [1.82, 2.24) is 10.3 Å². The third-order valence-corrected chi connectivity index (χ3v) is 5.98. The summed E-state index contributed by atoms with van der Waals surface area (Å²) in [4.78, 5) is 19.2. The maximum atomic E-state index is 12.8. The SMILES string of the molecule is O=C(NC(c1cccs1)c1cccs1)c1ccnc(O[C@H]2CCOC2)c1. The van der Waals surface area contributed by atoms with E-state index in [1.165, 1.54) is 0 Å². The molecule has 1 amide bonds. The van der Waals surface area contributed by atoms with Gasteiger partial charge < -0.3 is 14.8 Å². The van der Waals surface area contributed by atoms with Crippen LogP contribution < -0.4 is 10.1 Å². The molecule has 0 unspecified atom stereocenters. The van der Waals surface area contributed by atoms with Crippen molar-refractivity contribution in [2.24, 2.45) is 0 Å². The van der Waals surface area contributed by atoms with Gasteiger partial charge in [0.1, 0.15) is 6.10 Å². The molecule has 4 rings (SSSR count). The van der Waals surface area contributed by atoms with Crippen LogP contribution in [0.1, 0.15) is 32.6 Å². The van der Waals surface area contributed by atoms with Crippen molar-refractivity contribution in [3.05, 3.63) is 68.7 Å². The summed E-state index contributed by atoms with van der Waals surface area (Å²) in [6.45, 7) is 1.27. The van der Waals surface area contributed by atoms with Crippen molar-refractivity contribution in [3.8, 4) is 5.88 Å². The summed E-state index contributed by atoms with van der Waals surface area (Å²) in [6, 6.07) is 11.3. The van der Waals surface area contributed by atoms with Gasteiger partial charge in [0, 0.05) is 34.0 Å². The van der Waals surface area contributed by atoms with Gasteiger partial charge in [-0.2, -0.15) is 0 Å². The highest BCUT2D eigenvalue weighted by atomic mass is 32.1. The lowest BCUT2D eigenvalue weighted by molar-refractivity contribution is 0.0942. The highest BCUT2D eigenvalue weighted by Crippen LogP contribution is 2.29. The van der Waals surface area contributed by atoms with Gasteiger partial charge in [0.15, 0.2) is 0 Å². The number of nitrogens with one attached hydrogen (secondary N) is 1. The number of hydrogen-bond acceptors (Lipinski definition) is 6. The van der Waals surface area contributed by atoms with Gasteiger partial charge in [0.25, 0.3) is 5.91 Å². The van der Waals surface area contributed by atoms with E-state index < -0.39 is 0 Å². The number of amides is 1. The van der Waals surface area contributed by atoms with Gasteiger partial charge in [-0.25, -0.2) is 4.98 Å². The molecule has 3 aromatic heterocycles. The predicted octanol–water partition coefficient (Wildman–Crippen LogP) is 3.89. The minimum atomic E-state index is -0.150. The normalized spacial score (nSPS) is 16.7. The summed E-state index contributed by atoms with van der Waals surface area (Å²) in [5.41, 5.74) is 0.534. The van der Waals surface area contributed by atoms with Crippen LogP contribution in [0.4, 0.5) is 0 Å². The zero-order chi connectivity index (χ0) is 17.8. The molecule has 1 saturated heterocycles. The van der Waals surface area contributed by atoms with Crippen molar-refractivity contribution < 1.29 is 14.3 Å². The Morgan fingerprint density at radius 2 is 2.00 bits per heavy atom. The second-order valence-corrected chi connectivity index (χ2v) is 7.88. The molecule has 3 aromatic rings. The predicted molar refractivity (Wildman–Crippen MR) is 102 cm³/mol. The first-order valence-electron chi connectivity index (χ1n) is 8.38. The number of ether oxygens (including phenoxy) is 2. The first kappa shape index (κ1) is 17.2. The lowest BCUT2D eigenvalue weighted by Gasteiger charge is -2.17. The first-order valence-corrected chi connectivity index (χ1v) is 10.1. The number of rotatable bonds is 6. The second kappa shape index (κ2) is 7.99. The Morgan fingerprint density at radius 3 is 2.62 bits per heavy atom. The van der Waals surface area contributed by atoms with Crippen molar-refractivity contribution in [1.29, 1.82) is 0 Å². The van der Waals surface area contributed by atoms with Crippen LogP contribution in [-0.2, 0) is 4.74 Å². The standard InChI is InChI=1S/C19H18N2O3S2/c22-19(13-5-7-20-17(11-13)24-14-6-8-23-12-14)21-18(15-3-1-9-25-15)16-4-2-10-26-16/h1-5,7,9-11,14,18H,6,8,12H2,(H,21,22)/t14-/m0/s1. The Balaban J connectivity index is 1.51. The molecule has 1 atom stereocenters. The summed E-state index contributed by atoms with van der Waals surface area (Å²) in [7, 11) is 0. The van der Waals surface area contributed by atoms with Crippen LogP contribution in [0.2, 0.25) is 0 Å². The van der Waals surface area contributed by atoms with Crippen LogP contribution in [0.25, 0.3) is 0 Å². The van der Waals surface area contributed by atoms with Gasteiger partial charge in [-0.1, -0.05) is 12.1 Å². The molecule has 0 bridgehead atoms. The van der Waals surface area contributed by atoms with Crippen molar-refractivity contribution in [2.45, 2.75) is 18.6 Å². The maximum Gasteiger partial charge on any atom is 0.252 e. The highest BCUT2D eigenvalue weighted by Gasteiger charge is 2.21. The van der Waals surface area contributed by atoms with E-state index in [1.54, 1.807) is 41.0 Å². The van der Waals surface area contributed by atoms with E-state index in [0.717, 1.165) is 16.2 Å². The molecule has 4 heterocycles. The van der Waals surface area contributed by atoms with Crippen LogP contribution in [0.3, 0.4) is 0 Å². The van der Waals surface area contributed by atoms with E-state index in [-0.39, 0.29) is 18.1 Å². The fraction of sp³-hybridized carbons (Fsp3) is 0.263. The quantitative estimate of drug-likeness (QED) is 0.698. The Morgan fingerprint density at radius 1 is 1.23 bits per heavy atom. The van der Waals surface area contributed by atoms with Crippen molar-refractivity contribution in [3.63, 3.8) is 0 Å². The third kappa shape index (κ3) is 3.95. The molecule has 7 heteroatoms. The molecule has 1 aliphatic rings. The van der Waals surface area contributed by atoms with Crippen molar-refractivity contribution >= 4 is 28.6 Å². The van der Waals surface area contributed by atoms with Gasteiger partial charge in [0.05, 0.1) is 19.3 Å². The molecule has 5 nitrogen and oxygen atoms in total. The topological polar surface area (TPSA) is 60.5 Å². The molecule has 0 saturated carbocycles. The Bertz CT molecular complexity index is 809. The fourth-order valence-corrected chi connectivity index (χ4v) is 4.46. The van der Waals surface area contributed by atoms with E-state index in [2.05, 4.69) is 10.3 Å². The summed E-state index contributed by atoms with van der Waals surface area (Å²) < 4.78 is 11.1. The molecule has 0 radical (unpaired) electrons. The number of hydrogen-bond donors (Lipinski definition) is 1. The molecular formula is C19H18N2O3S2. The van der Waals surface area contributed by atoms with E-state index in [0.29, 0.717) is 24.7 Å². The molecule has 0 spiro atoms. The minimum Gasteiger partial charge on any atom is -0.472 e. The van der Waals surface area contributed by atoms with Gasteiger partial charge in [-0.3, -0.25) is 4.79 Å². The summed E-state index contributed by atoms with van der Waals surface area (Å²) in [5.74, 6) is 0.309. The van der Waals surface area contributed by atoms with Gasteiger partial charge >= 0.3 is 0 Å². The van der Waals surface area contributed by atoms with Gasteiger partial charge in [-0.05, 0) is 29.0 Å². The van der Waals surface area contributed by atoms with E-state index >= 15 is 0 Å². The Kier molecular flexibility index (Phi) is 5.29. The van der Waals surface area contributed by atoms with Crippen LogP contribution in [0.15, 0.2) is 53.4 Å². The monoisotopic (exact) mass is 386 g/mol. The molecular weight excluding hydrogens is 368 g/mol. The molecule has 0 aromatic carbocycles. The van der Waals surface area contributed by atoms with E-state index in [4.69, 9.17) is 9.47 Å². The molecule has 26 heavy (non-hydrogen) atoms. The van der Waals surface area contributed by atoms with Crippen LogP contribution in [0, 0.1) is 0 Å². The van der Waals surface area contributed by atoms with E-state index in [9.17, 15) is 4.79 Å². The van der Waals surface area contributed by atoms with Crippen molar-refractivity contribution in [2.75, 3.05) is 13.2 Å². The summed E-state index contributed by atoms with van der Waals surface area (Å²) >= 11 is 3.26. The average molecular weight is 386 g/mol. The number of pyridine rings is 1. The molecule has 1 aliphatic heterocycles. The van der Waals surface area contributed by atoms with Gasteiger partial charge in [-0.15, -0.1) is 22.7 Å². The lowest BCUT2D eigenvalue weighted by atomic mass is 10.1. The average Bonchev–Trinajstić information content (AvgIpc) is 3.42. The smallest absolute Gasteiger partial charge is 0.252 e.